The fourth-order valence-electron chi connectivity index (χ4n) is 1.92. The molecule has 0 radical (unpaired) electrons. The zero-order chi connectivity index (χ0) is 15.0. The summed E-state index contributed by atoms with van der Waals surface area (Å²) in [5.41, 5.74) is 0.848. The highest BCUT2D eigenvalue weighted by molar-refractivity contribution is 7.93. The number of para-hydroxylation sites is 1. The fourth-order valence-corrected chi connectivity index (χ4v) is 4.25. The molecule has 2 heterocycles. The van der Waals surface area contributed by atoms with Crippen LogP contribution in [0.3, 0.4) is 0 Å². The van der Waals surface area contributed by atoms with Gasteiger partial charge in [0.1, 0.15) is 9.77 Å². The number of aromatic amines is 1. The first-order valence-electron chi connectivity index (χ1n) is 5.75. The molecule has 3 rings (SSSR count). The number of benzene rings is 1. The Kier molecular flexibility index (Phi) is 3.15. The minimum Gasteiger partial charge on any atom is -0.477 e. The van der Waals surface area contributed by atoms with Gasteiger partial charge in [-0.15, -0.1) is 11.3 Å². The minimum atomic E-state index is -3.98. The number of nitrogens with one attached hydrogen (secondary N) is 2. The summed E-state index contributed by atoms with van der Waals surface area (Å²) in [7, 11) is -3.98. The highest BCUT2D eigenvalue weighted by Gasteiger charge is 2.24. The monoisotopic (exact) mass is 323 g/mol. The second-order valence-corrected chi connectivity index (χ2v) is 6.73. The van der Waals surface area contributed by atoms with Gasteiger partial charge in [0, 0.05) is 5.39 Å². The maximum absolute atomic E-state index is 12.4. The number of fused-ring (bicyclic) bond motifs is 1. The van der Waals surface area contributed by atoms with Crippen molar-refractivity contribution in [2.24, 2.45) is 0 Å². The van der Waals surface area contributed by atoms with Gasteiger partial charge in [0.15, 0.2) is 0 Å². The predicted molar refractivity (Wildman–Crippen MR) is 78.2 cm³/mol. The van der Waals surface area contributed by atoms with Crippen molar-refractivity contribution in [3.05, 3.63) is 40.7 Å². The highest BCUT2D eigenvalue weighted by atomic mass is 32.2. The first-order chi connectivity index (χ1) is 9.99. The summed E-state index contributed by atoms with van der Waals surface area (Å²) in [6, 6.07) is 6.31. The molecule has 0 fully saturated rings. The Hall–Kier alpha value is -2.39. The molecule has 0 aliphatic carbocycles. The van der Waals surface area contributed by atoms with Gasteiger partial charge in [-0.05, 0) is 17.5 Å². The standard InChI is InChI=1S/C12H9N3O4S2/c16-12(17)11-9(4-5-20-11)21(18,19)15-8-3-1-2-7-6-13-14-10(7)8/h1-6,15H,(H,13,14)(H,16,17). The number of hydrogen-bond acceptors (Lipinski definition) is 5. The topological polar surface area (TPSA) is 112 Å². The molecule has 0 bridgehead atoms. The summed E-state index contributed by atoms with van der Waals surface area (Å²) in [5, 5.41) is 17.8. The third-order valence-corrected chi connectivity index (χ3v) is 5.27. The Morgan fingerprint density at radius 1 is 1.33 bits per heavy atom. The molecule has 9 heteroatoms. The molecule has 0 atom stereocenters. The molecule has 0 aliphatic rings. The molecule has 108 valence electrons. The van der Waals surface area contributed by atoms with Crippen molar-refractivity contribution < 1.29 is 18.3 Å². The normalized spacial score (nSPS) is 11.6. The van der Waals surface area contributed by atoms with Crippen molar-refractivity contribution in [3.63, 3.8) is 0 Å². The number of aromatic carboxylic acids is 1. The summed E-state index contributed by atoms with van der Waals surface area (Å²) in [4.78, 5) is 10.6. The van der Waals surface area contributed by atoms with Crippen molar-refractivity contribution >= 4 is 43.9 Å². The molecule has 7 nitrogen and oxygen atoms in total. The van der Waals surface area contributed by atoms with Gasteiger partial charge in [0.25, 0.3) is 10.0 Å². The lowest BCUT2D eigenvalue weighted by Gasteiger charge is -2.08. The second kappa shape index (κ2) is 4.86. The maximum Gasteiger partial charge on any atom is 0.347 e. The Bertz CT molecular complexity index is 927. The summed E-state index contributed by atoms with van der Waals surface area (Å²) in [6.45, 7) is 0. The first-order valence-corrected chi connectivity index (χ1v) is 8.11. The summed E-state index contributed by atoms with van der Waals surface area (Å²) >= 11 is 0.862. The van der Waals surface area contributed by atoms with Gasteiger partial charge in [0.05, 0.1) is 17.4 Å². The van der Waals surface area contributed by atoms with Crippen LogP contribution < -0.4 is 4.72 Å². The molecule has 3 aromatic rings. The van der Waals surface area contributed by atoms with Gasteiger partial charge in [-0.25, -0.2) is 13.2 Å². The molecule has 0 saturated heterocycles. The molecular weight excluding hydrogens is 314 g/mol. The molecule has 3 N–H and O–H groups in total. The third kappa shape index (κ3) is 2.36. The van der Waals surface area contributed by atoms with Crippen LogP contribution in [0.15, 0.2) is 40.7 Å². The van der Waals surface area contributed by atoms with Crippen LogP contribution in [-0.2, 0) is 10.0 Å². The molecule has 2 aromatic heterocycles. The van der Waals surface area contributed by atoms with E-state index in [1.807, 2.05) is 0 Å². The second-order valence-electron chi connectivity index (χ2n) is 4.16. The van der Waals surface area contributed by atoms with Crippen molar-refractivity contribution in [2.75, 3.05) is 4.72 Å². The number of hydrogen-bond donors (Lipinski definition) is 3. The van der Waals surface area contributed by atoms with E-state index in [9.17, 15) is 13.2 Å². The largest absolute Gasteiger partial charge is 0.477 e. The van der Waals surface area contributed by atoms with E-state index < -0.39 is 16.0 Å². The van der Waals surface area contributed by atoms with Gasteiger partial charge in [-0.2, -0.15) is 5.10 Å². The summed E-state index contributed by atoms with van der Waals surface area (Å²) in [6.07, 6.45) is 1.57. The Balaban J connectivity index is 2.06. The fraction of sp³-hybridized carbons (Fsp3) is 0. The first kappa shape index (κ1) is 13.6. The molecule has 0 spiro atoms. The number of anilines is 1. The third-order valence-electron chi connectivity index (χ3n) is 2.83. The van der Waals surface area contributed by atoms with Gasteiger partial charge < -0.3 is 5.11 Å². The van der Waals surface area contributed by atoms with Gasteiger partial charge in [-0.1, -0.05) is 12.1 Å². The average molecular weight is 323 g/mol. The molecule has 0 unspecified atom stereocenters. The van der Waals surface area contributed by atoms with Crippen LogP contribution in [0.4, 0.5) is 5.69 Å². The minimum absolute atomic E-state index is 0.223. The van der Waals surface area contributed by atoms with Gasteiger partial charge in [0.2, 0.25) is 0 Å². The van der Waals surface area contributed by atoms with Crippen molar-refractivity contribution in [2.45, 2.75) is 4.90 Å². The quantitative estimate of drug-likeness (QED) is 0.681. The molecule has 0 saturated carbocycles. The maximum atomic E-state index is 12.4. The van der Waals surface area contributed by atoms with E-state index in [1.54, 1.807) is 24.4 Å². The number of carboxylic acids is 1. The van der Waals surface area contributed by atoms with E-state index in [0.717, 1.165) is 16.7 Å². The molecule has 0 amide bonds. The number of nitrogens with zero attached hydrogens (tertiary/aromatic N) is 1. The van der Waals surface area contributed by atoms with Crippen molar-refractivity contribution in [1.29, 1.82) is 0 Å². The van der Waals surface area contributed by atoms with E-state index in [-0.39, 0.29) is 9.77 Å². The van der Waals surface area contributed by atoms with E-state index in [0.29, 0.717) is 11.2 Å². The number of carbonyl (C=O) groups is 1. The lowest BCUT2D eigenvalue weighted by atomic mass is 10.2. The van der Waals surface area contributed by atoms with Crippen LogP contribution in [-0.4, -0.2) is 29.7 Å². The van der Waals surface area contributed by atoms with Crippen LogP contribution in [0.1, 0.15) is 9.67 Å². The summed E-state index contributed by atoms with van der Waals surface area (Å²) < 4.78 is 27.1. The Morgan fingerprint density at radius 2 is 2.14 bits per heavy atom. The Labute approximate surface area is 123 Å². The number of carboxylic acid groups (broad SMARTS) is 1. The van der Waals surface area contributed by atoms with E-state index >= 15 is 0 Å². The molecule has 0 aliphatic heterocycles. The average Bonchev–Trinajstić information content (AvgIpc) is 3.08. The number of thiophene rings is 1. The van der Waals surface area contributed by atoms with Crippen LogP contribution >= 0.6 is 11.3 Å². The molecular formula is C12H9N3O4S2. The number of aromatic nitrogens is 2. The van der Waals surface area contributed by atoms with Crippen molar-refractivity contribution in [3.8, 4) is 0 Å². The number of sulfonamides is 1. The van der Waals surface area contributed by atoms with Crippen LogP contribution in [0.2, 0.25) is 0 Å². The number of H-pyrrole nitrogens is 1. The zero-order valence-electron chi connectivity index (χ0n) is 10.4. The zero-order valence-corrected chi connectivity index (χ0v) is 12.0. The van der Waals surface area contributed by atoms with Crippen molar-refractivity contribution in [1.82, 2.24) is 10.2 Å². The van der Waals surface area contributed by atoms with Gasteiger partial charge >= 0.3 is 5.97 Å². The predicted octanol–water partition coefficient (Wildman–Crippen LogP) is 2.12. The van der Waals surface area contributed by atoms with E-state index in [4.69, 9.17) is 5.11 Å². The smallest absolute Gasteiger partial charge is 0.347 e. The SMILES string of the molecule is O=C(O)c1sccc1S(=O)(=O)Nc1cccc2cn[nH]c12. The molecule has 21 heavy (non-hydrogen) atoms. The Morgan fingerprint density at radius 3 is 2.90 bits per heavy atom. The summed E-state index contributed by atoms with van der Waals surface area (Å²) in [5.74, 6) is -1.27. The number of rotatable bonds is 4. The van der Waals surface area contributed by atoms with Crippen LogP contribution in [0.25, 0.3) is 10.9 Å². The molecule has 1 aromatic carbocycles. The highest BCUT2D eigenvalue weighted by Crippen LogP contribution is 2.27. The lowest BCUT2D eigenvalue weighted by molar-refractivity contribution is 0.0698. The van der Waals surface area contributed by atoms with Crippen LogP contribution in [0.5, 0.6) is 0 Å². The van der Waals surface area contributed by atoms with E-state index in [2.05, 4.69) is 14.9 Å². The van der Waals surface area contributed by atoms with Gasteiger partial charge in [-0.3, -0.25) is 9.82 Å². The lowest BCUT2D eigenvalue weighted by Crippen LogP contribution is -2.15. The van der Waals surface area contributed by atoms with E-state index in [1.165, 1.54) is 11.4 Å². The van der Waals surface area contributed by atoms with Crippen LogP contribution in [0, 0.1) is 0 Å².